The number of nitrogens with one attached hydrogen (secondary N) is 2. The van der Waals surface area contributed by atoms with Crippen LogP contribution in [0.4, 0.5) is 0 Å². The molecule has 92 heavy (non-hydrogen) atoms. The Morgan fingerprint density at radius 1 is 0.293 bits per heavy atom. The zero-order chi connectivity index (χ0) is 63.4. The Morgan fingerprint density at radius 2 is 0.500 bits per heavy atom. The van der Waals surface area contributed by atoms with E-state index in [9.17, 15) is 29.4 Å². The fraction of sp³-hybridized carbons (Fsp3) is 0.200. The Kier molecular flexibility index (Phi) is 21.3. The van der Waals surface area contributed by atoms with Crippen molar-refractivity contribution >= 4 is 23.8 Å². The standard InChI is InChI=1S/C80H74N2O10/c83-77(81-33-31-55-19-7-1-8-20-55)47-73-61-35-62-40-70(90-52-58-25-13-4-14-26-58)42-64(74(62)48-78(84)82-34-32-56-21-9-2-10-22-56)37-66-44-72(92-54-60-29-17-6-18-30-60)46-68(76(66)50-80(87)88)38-67-45-71(91-53-59-27-15-5-16-28-59)43-65(75(67)49-79(85)86)36-63(73)41-69(39-61)89-51-57-23-11-3-12-24-57/h1-30,39-46H,31-38,47-54H2,(H,81,83)(H,82,84)(H,85,86)(H,87,88). The molecule has 0 heterocycles. The summed E-state index contributed by atoms with van der Waals surface area (Å²) in [5.41, 5.74) is 13.8. The van der Waals surface area contributed by atoms with Gasteiger partial charge in [0.25, 0.3) is 0 Å². The Balaban J connectivity index is 1.15. The summed E-state index contributed by atoms with van der Waals surface area (Å²) in [5, 5.41) is 28.4. The number of carboxylic acid groups (broad SMARTS) is 2. The number of rotatable bonds is 26. The predicted octanol–water partition coefficient (Wildman–Crippen LogP) is 13.7. The van der Waals surface area contributed by atoms with E-state index in [1.807, 2.05) is 231 Å². The molecule has 1 aliphatic carbocycles. The zero-order valence-electron chi connectivity index (χ0n) is 51.4. The Morgan fingerprint density at radius 3 is 0.717 bits per heavy atom. The van der Waals surface area contributed by atoms with Crippen molar-refractivity contribution < 1.29 is 48.3 Å². The summed E-state index contributed by atoms with van der Waals surface area (Å²) in [6.07, 6.45) is 0.903. The highest BCUT2D eigenvalue weighted by atomic mass is 16.5. The summed E-state index contributed by atoms with van der Waals surface area (Å²) >= 11 is 0. The molecule has 0 radical (unpaired) electrons. The van der Waals surface area contributed by atoms with E-state index in [-0.39, 0.29) is 89.6 Å². The molecule has 1 aliphatic rings. The molecule has 10 aromatic carbocycles. The number of carboxylic acids is 2. The van der Waals surface area contributed by atoms with Crippen molar-refractivity contribution in [2.24, 2.45) is 0 Å². The van der Waals surface area contributed by atoms with Crippen LogP contribution in [0, 0.1) is 0 Å². The van der Waals surface area contributed by atoms with E-state index in [0.717, 1.165) is 55.6 Å². The lowest BCUT2D eigenvalue weighted by Gasteiger charge is -2.25. The fourth-order valence-corrected chi connectivity index (χ4v) is 12.1. The molecule has 12 nitrogen and oxygen atoms in total. The monoisotopic (exact) mass is 1220 g/mol. The third kappa shape index (κ3) is 17.8. The van der Waals surface area contributed by atoms with Crippen molar-refractivity contribution in [1.82, 2.24) is 10.6 Å². The molecule has 0 fully saturated rings. The third-order valence-electron chi connectivity index (χ3n) is 16.6. The van der Waals surface area contributed by atoms with Crippen molar-refractivity contribution in [1.29, 1.82) is 0 Å². The molecule has 0 atom stereocenters. The number of hydrogen-bond acceptors (Lipinski definition) is 8. The van der Waals surface area contributed by atoms with Crippen molar-refractivity contribution in [2.45, 2.75) is 90.6 Å². The van der Waals surface area contributed by atoms with E-state index >= 15 is 0 Å². The van der Waals surface area contributed by atoms with Gasteiger partial charge in [-0.2, -0.15) is 0 Å². The molecule has 2 amide bonds. The summed E-state index contributed by atoms with van der Waals surface area (Å²) < 4.78 is 27.0. The van der Waals surface area contributed by atoms with Crippen molar-refractivity contribution in [3.63, 3.8) is 0 Å². The molecule has 464 valence electrons. The zero-order valence-corrected chi connectivity index (χ0v) is 51.4. The van der Waals surface area contributed by atoms with Gasteiger partial charge in [-0.1, -0.05) is 182 Å². The van der Waals surface area contributed by atoms with Gasteiger partial charge in [0.15, 0.2) is 0 Å². The highest BCUT2D eigenvalue weighted by molar-refractivity contribution is 5.81. The molecule has 12 heteroatoms. The lowest BCUT2D eigenvalue weighted by molar-refractivity contribution is -0.137. The second-order valence-corrected chi connectivity index (χ2v) is 23.4. The van der Waals surface area contributed by atoms with Crippen LogP contribution in [-0.2, 0) is 110 Å². The average molecular weight is 1220 g/mol. The second-order valence-electron chi connectivity index (χ2n) is 23.4. The van der Waals surface area contributed by atoms with Gasteiger partial charge in [0.2, 0.25) is 11.8 Å². The molecular weight excluding hydrogens is 1150 g/mol. The molecule has 0 spiro atoms. The van der Waals surface area contributed by atoms with Crippen molar-refractivity contribution in [2.75, 3.05) is 13.1 Å². The first kappa shape index (κ1) is 62.9. The minimum Gasteiger partial charge on any atom is -0.489 e. The van der Waals surface area contributed by atoms with Crippen molar-refractivity contribution in [3.8, 4) is 23.0 Å². The van der Waals surface area contributed by atoms with Gasteiger partial charge in [0.05, 0.1) is 25.7 Å². The third-order valence-corrected chi connectivity index (χ3v) is 16.6. The van der Waals surface area contributed by atoms with Gasteiger partial charge < -0.3 is 39.8 Å². The van der Waals surface area contributed by atoms with Gasteiger partial charge >= 0.3 is 11.9 Å². The maximum Gasteiger partial charge on any atom is 0.307 e. The van der Waals surface area contributed by atoms with E-state index in [2.05, 4.69) is 10.6 Å². The number of benzene rings is 10. The van der Waals surface area contributed by atoms with Crippen LogP contribution < -0.4 is 29.6 Å². The minimum atomic E-state index is -1.06. The number of ether oxygens (including phenoxy) is 4. The largest absolute Gasteiger partial charge is 0.489 e. The minimum absolute atomic E-state index is 0.0506. The number of amides is 2. The predicted molar refractivity (Wildman–Crippen MR) is 356 cm³/mol. The van der Waals surface area contributed by atoms with Crippen LogP contribution >= 0.6 is 0 Å². The first-order valence-electron chi connectivity index (χ1n) is 31.3. The number of fused-ring (bicyclic) bond motifs is 8. The van der Waals surface area contributed by atoms with E-state index in [1.54, 1.807) is 0 Å². The normalized spacial score (nSPS) is 11.7. The molecule has 8 bridgehead atoms. The first-order valence-corrected chi connectivity index (χ1v) is 31.3. The van der Waals surface area contributed by atoms with E-state index in [4.69, 9.17) is 18.9 Å². The van der Waals surface area contributed by atoms with Crippen LogP contribution in [0.5, 0.6) is 23.0 Å². The molecule has 10 aromatic rings. The average Bonchev–Trinajstić information content (AvgIpc) is 0.868. The quantitative estimate of drug-likeness (QED) is 0.0409. The van der Waals surface area contributed by atoms with Gasteiger partial charge in [-0.25, -0.2) is 0 Å². The molecule has 4 N–H and O–H groups in total. The molecule has 0 saturated heterocycles. The highest BCUT2D eigenvalue weighted by Crippen LogP contribution is 2.38. The molecule has 0 saturated carbocycles. The fourth-order valence-electron chi connectivity index (χ4n) is 12.1. The first-order chi connectivity index (χ1) is 45.0. The van der Waals surface area contributed by atoms with E-state index < -0.39 is 11.9 Å². The summed E-state index contributed by atoms with van der Waals surface area (Å²) in [6.45, 7) is 1.64. The summed E-state index contributed by atoms with van der Waals surface area (Å²) in [6, 6.07) is 74.7. The summed E-state index contributed by atoms with van der Waals surface area (Å²) in [4.78, 5) is 56.5. The molecular formula is C80H74N2O10. The molecule has 0 aromatic heterocycles. The summed E-state index contributed by atoms with van der Waals surface area (Å²) in [5.74, 6) is -0.544. The van der Waals surface area contributed by atoms with Crippen LogP contribution in [-0.4, -0.2) is 47.1 Å². The van der Waals surface area contributed by atoms with E-state index in [1.165, 1.54) is 0 Å². The highest BCUT2D eigenvalue weighted by Gasteiger charge is 2.27. The lowest BCUT2D eigenvalue weighted by atomic mass is 9.82. The van der Waals surface area contributed by atoms with E-state index in [0.29, 0.717) is 93.4 Å². The SMILES string of the molecule is O=C(O)Cc1c2cc(OCc3ccccc3)cc1Cc1cc(OCc3ccccc3)cc(c1CC(=O)NCCc1ccccc1)Cc1cc(OCc3ccccc3)cc(c1CC(=O)NCCc1ccccc1)Cc1cc(OCc3ccccc3)cc(c1CC(=O)O)C2. The van der Waals surface area contributed by atoms with Crippen LogP contribution in [0.3, 0.4) is 0 Å². The Bertz CT molecular complexity index is 3880. The van der Waals surface area contributed by atoms with Gasteiger partial charge in [-0.05, 0) is 187 Å². The number of aliphatic carboxylic acids is 2. The topological polar surface area (TPSA) is 170 Å². The van der Waals surface area contributed by atoms with Gasteiger partial charge in [-0.15, -0.1) is 0 Å². The number of carbonyl (C=O) groups is 4. The van der Waals surface area contributed by atoms with Crippen LogP contribution in [0.1, 0.15) is 100 Å². The molecule has 0 unspecified atom stereocenters. The van der Waals surface area contributed by atoms with Crippen LogP contribution in [0.2, 0.25) is 0 Å². The second kappa shape index (κ2) is 31.1. The van der Waals surface area contributed by atoms with Gasteiger partial charge in [0, 0.05) is 13.1 Å². The van der Waals surface area contributed by atoms with Gasteiger partial charge in [0.1, 0.15) is 49.4 Å². The Hall–Kier alpha value is -10.7. The van der Waals surface area contributed by atoms with Crippen molar-refractivity contribution in [3.05, 3.63) is 331 Å². The maximum atomic E-state index is 14.8. The smallest absolute Gasteiger partial charge is 0.307 e. The summed E-state index contributed by atoms with van der Waals surface area (Å²) in [7, 11) is 0. The molecule has 0 aliphatic heterocycles. The van der Waals surface area contributed by atoms with Crippen LogP contribution in [0.15, 0.2) is 231 Å². The van der Waals surface area contributed by atoms with Gasteiger partial charge in [-0.3, -0.25) is 19.2 Å². The lowest BCUT2D eigenvalue weighted by Crippen LogP contribution is -2.28. The van der Waals surface area contributed by atoms with Crippen LogP contribution in [0.25, 0.3) is 0 Å². The number of carbonyl (C=O) groups excluding carboxylic acids is 2. The Labute approximate surface area is 537 Å². The maximum absolute atomic E-state index is 14.8. The molecule has 11 rings (SSSR count). The number of hydrogen-bond donors (Lipinski definition) is 4.